The molecule has 0 radical (unpaired) electrons. The molecule has 10 heteroatoms. The second kappa shape index (κ2) is 6.58. The molecule has 0 fully saturated rings. The summed E-state index contributed by atoms with van der Waals surface area (Å²) in [4.78, 5) is 18.4. The zero-order valence-electron chi connectivity index (χ0n) is 15.4. The van der Waals surface area contributed by atoms with Crippen LogP contribution in [0.3, 0.4) is 0 Å². The molecule has 1 aromatic carbocycles. The van der Waals surface area contributed by atoms with Crippen molar-refractivity contribution in [3.63, 3.8) is 0 Å². The molecular weight excluding hydrogens is 389 g/mol. The molecule has 4 heterocycles. The molecule has 9 nitrogen and oxygen atoms in total. The minimum Gasteiger partial charge on any atom is -0.341 e. The Bertz CT molecular complexity index is 1400. The zero-order chi connectivity index (χ0) is 20.0. The van der Waals surface area contributed by atoms with Crippen molar-refractivity contribution in [1.29, 1.82) is 0 Å². The highest BCUT2D eigenvalue weighted by Crippen LogP contribution is 2.34. The van der Waals surface area contributed by atoms with E-state index in [-0.39, 0.29) is 0 Å². The Morgan fingerprint density at radius 2 is 2.03 bits per heavy atom. The van der Waals surface area contributed by atoms with Gasteiger partial charge < -0.3 is 9.29 Å². The predicted molar refractivity (Wildman–Crippen MR) is 107 cm³/mol. The maximum atomic E-state index is 12.0. The van der Waals surface area contributed by atoms with Gasteiger partial charge in [0.1, 0.15) is 11.3 Å². The van der Waals surface area contributed by atoms with Gasteiger partial charge in [-0.05, 0) is 23.8 Å². The smallest absolute Gasteiger partial charge is 0.271 e. The average Bonchev–Trinajstić information content (AvgIpc) is 3.34. The van der Waals surface area contributed by atoms with Crippen LogP contribution in [0.1, 0.15) is 11.4 Å². The first-order chi connectivity index (χ1) is 14.0. The van der Waals surface area contributed by atoms with E-state index in [0.717, 1.165) is 11.2 Å². The number of pyridine rings is 1. The van der Waals surface area contributed by atoms with Crippen molar-refractivity contribution in [2.24, 2.45) is 0 Å². The Hall–Kier alpha value is -3.42. The van der Waals surface area contributed by atoms with E-state index in [2.05, 4.69) is 25.3 Å². The Balaban J connectivity index is 1.54. The summed E-state index contributed by atoms with van der Waals surface area (Å²) in [6.07, 6.45) is 7.74. The highest BCUT2D eigenvalue weighted by molar-refractivity contribution is 7.65. The second-order valence-corrected chi connectivity index (χ2v) is 9.08. The average molecular weight is 405 g/mol. The van der Waals surface area contributed by atoms with Crippen molar-refractivity contribution >= 4 is 24.1 Å². The summed E-state index contributed by atoms with van der Waals surface area (Å²) in [6.45, 7) is 1.32. The van der Waals surface area contributed by atoms with Crippen molar-refractivity contribution < 1.29 is 9.46 Å². The van der Waals surface area contributed by atoms with Crippen LogP contribution in [0.25, 0.3) is 22.7 Å². The molecule has 29 heavy (non-hydrogen) atoms. The van der Waals surface area contributed by atoms with Gasteiger partial charge in [-0.1, -0.05) is 18.2 Å². The van der Waals surface area contributed by atoms with E-state index in [4.69, 9.17) is 0 Å². The van der Waals surface area contributed by atoms with E-state index in [1.54, 1.807) is 35.1 Å². The molecule has 0 aliphatic carbocycles. The lowest BCUT2D eigenvalue weighted by Crippen LogP contribution is -2.06. The number of nitrogens with zero attached hydrogens (tertiary/aromatic N) is 7. The first-order valence-corrected chi connectivity index (χ1v) is 11.0. The molecule has 0 aliphatic rings. The number of hydrogen-bond acceptors (Lipinski definition) is 6. The minimum absolute atomic E-state index is 0.370. The van der Waals surface area contributed by atoms with Crippen LogP contribution in [0.4, 0.5) is 0 Å². The van der Waals surface area contributed by atoms with Gasteiger partial charge in [-0.3, -0.25) is 4.57 Å². The molecule has 5 rings (SSSR count). The van der Waals surface area contributed by atoms with Crippen LogP contribution in [0.2, 0.25) is 0 Å². The Labute approximate surface area is 165 Å². The molecule has 0 amide bonds. The van der Waals surface area contributed by atoms with Crippen LogP contribution in [0.15, 0.2) is 61.2 Å². The summed E-state index contributed by atoms with van der Waals surface area (Å²) in [7, 11) is -3.36. The molecule has 4 aromatic heterocycles. The fourth-order valence-corrected chi connectivity index (χ4v) is 3.90. The normalized spacial score (nSPS) is 13.7. The molecular formula is C19H16N7O2P. The van der Waals surface area contributed by atoms with Crippen LogP contribution in [-0.2, 0) is 11.0 Å². The van der Waals surface area contributed by atoms with Crippen molar-refractivity contribution in [2.75, 3.05) is 6.66 Å². The van der Waals surface area contributed by atoms with Crippen LogP contribution in [-0.4, -0.2) is 45.7 Å². The molecule has 144 valence electrons. The first-order valence-electron chi connectivity index (χ1n) is 8.87. The van der Waals surface area contributed by atoms with Gasteiger partial charge in [0.15, 0.2) is 5.82 Å². The van der Waals surface area contributed by atoms with Crippen LogP contribution >= 0.6 is 7.37 Å². The maximum Gasteiger partial charge on any atom is 0.271 e. The molecule has 0 bridgehead atoms. The summed E-state index contributed by atoms with van der Waals surface area (Å²) in [5.74, 6) is 1.04. The highest BCUT2D eigenvalue weighted by atomic mass is 31.2. The van der Waals surface area contributed by atoms with Crippen LogP contribution in [0.5, 0.6) is 0 Å². The molecule has 5 aromatic rings. The molecule has 0 aliphatic heterocycles. The van der Waals surface area contributed by atoms with E-state index in [9.17, 15) is 9.46 Å². The van der Waals surface area contributed by atoms with E-state index in [1.165, 1.54) is 6.66 Å². The lowest BCUT2D eigenvalue weighted by Gasteiger charge is -2.08. The van der Waals surface area contributed by atoms with Crippen molar-refractivity contribution in [3.8, 4) is 11.3 Å². The number of fused-ring (bicyclic) bond motifs is 2. The largest absolute Gasteiger partial charge is 0.341 e. The molecule has 1 atom stereocenters. The number of hydrogen-bond donors (Lipinski definition) is 1. The predicted octanol–water partition coefficient (Wildman–Crippen LogP) is 1.95. The van der Waals surface area contributed by atoms with Gasteiger partial charge in [0.25, 0.3) is 5.78 Å². The number of aromatic nitrogens is 7. The summed E-state index contributed by atoms with van der Waals surface area (Å²) in [5, 5.41) is 13.3. The fraction of sp³-hybridized carbons (Fsp3) is 0.105. The summed E-state index contributed by atoms with van der Waals surface area (Å²) in [6, 6.07) is 10.8. The third-order valence-electron chi connectivity index (χ3n) is 4.63. The monoisotopic (exact) mass is 405 g/mol. The number of rotatable bonds is 4. The first kappa shape index (κ1) is 17.7. The van der Waals surface area contributed by atoms with Gasteiger partial charge in [-0.2, -0.15) is 9.61 Å². The SMILES string of the molecule is CP(=O)(O)c1cccc(-c2cnc3nnc(Cc4ccc5nccn5c4)n3n2)c1. The van der Waals surface area contributed by atoms with Crippen molar-refractivity contribution in [3.05, 3.63) is 72.6 Å². The standard InChI is InChI=1S/C19H16N7O2P/c1-29(27,28)15-4-2-3-14(10-15)16-11-21-19-23-22-18(26(19)24-16)9-13-5-6-17-20-7-8-25(17)12-13/h2-8,10-12H,9H2,1H3,(H,27,28). The van der Waals surface area contributed by atoms with Crippen molar-refractivity contribution in [2.45, 2.75) is 6.42 Å². The van der Waals surface area contributed by atoms with Crippen molar-refractivity contribution in [1.82, 2.24) is 34.2 Å². The van der Waals surface area contributed by atoms with E-state index >= 15 is 0 Å². The summed E-state index contributed by atoms with van der Waals surface area (Å²) < 4.78 is 15.5. The molecule has 0 saturated heterocycles. The Kier molecular flexibility index (Phi) is 4.01. The highest BCUT2D eigenvalue weighted by Gasteiger charge is 2.16. The van der Waals surface area contributed by atoms with Crippen LogP contribution in [0, 0.1) is 0 Å². The third kappa shape index (κ3) is 3.30. The third-order valence-corrected chi connectivity index (χ3v) is 5.87. The van der Waals surface area contributed by atoms with Gasteiger partial charge in [0.05, 0.1) is 6.20 Å². The second-order valence-electron chi connectivity index (χ2n) is 6.81. The van der Waals surface area contributed by atoms with E-state index in [0.29, 0.717) is 34.6 Å². The fourth-order valence-electron chi connectivity index (χ4n) is 3.16. The molecule has 0 saturated carbocycles. The van der Waals surface area contributed by atoms with E-state index in [1.807, 2.05) is 35.0 Å². The van der Waals surface area contributed by atoms with Gasteiger partial charge in [0, 0.05) is 42.5 Å². The van der Waals surface area contributed by atoms with Gasteiger partial charge in [-0.15, -0.1) is 10.2 Å². The summed E-state index contributed by atoms with van der Waals surface area (Å²) in [5.41, 5.74) is 3.18. The molecule has 1 unspecified atom stereocenters. The number of imidazole rings is 1. The number of benzene rings is 1. The van der Waals surface area contributed by atoms with Gasteiger partial charge in [-0.25, -0.2) is 9.97 Å². The molecule has 1 N–H and O–H groups in total. The lowest BCUT2D eigenvalue weighted by atomic mass is 10.2. The maximum absolute atomic E-state index is 12.0. The Morgan fingerprint density at radius 3 is 2.90 bits per heavy atom. The quantitative estimate of drug-likeness (QED) is 0.455. The lowest BCUT2D eigenvalue weighted by molar-refractivity contribution is 0.496. The zero-order valence-corrected chi connectivity index (χ0v) is 16.3. The van der Waals surface area contributed by atoms with Gasteiger partial charge in [0.2, 0.25) is 7.37 Å². The van der Waals surface area contributed by atoms with Crippen LogP contribution < -0.4 is 5.30 Å². The minimum atomic E-state index is -3.36. The Morgan fingerprint density at radius 1 is 1.14 bits per heavy atom. The summed E-state index contributed by atoms with van der Waals surface area (Å²) >= 11 is 0. The van der Waals surface area contributed by atoms with E-state index < -0.39 is 7.37 Å². The topological polar surface area (TPSA) is 111 Å². The molecule has 0 spiro atoms. The van der Waals surface area contributed by atoms with Gasteiger partial charge >= 0.3 is 0 Å².